The smallest absolute Gasteiger partial charge is 0.261 e. The molecule has 2 heterocycles. The van der Waals surface area contributed by atoms with E-state index in [4.69, 9.17) is 16.0 Å². The average Bonchev–Trinajstić information content (AvgIpc) is 2.85. The van der Waals surface area contributed by atoms with E-state index in [9.17, 15) is 9.18 Å². The maximum atomic E-state index is 13.9. The SMILES string of the molecule is Cc1c(C(C)CCO[Si](c2ccccc2)(c2ccccc2)C(C)(C)C)[nH]c(=O)c2cc(F)c(Cl)nc12. The second kappa shape index (κ2) is 10.3. The zero-order chi connectivity index (χ0) is 26.1. The molecule has 4 rings (SSSR count). The molecule has 0 fully saturated rings. The van der Waals surface area contributed by atoms with Gasteiger partial charge in [0.1, 0.15) is 0 Å². The van der Waals surface area contributed by atoms with E-state index < -0.39 is 14.1 Å². The summed E-state index contributed by atoms with van der Waals surface area (Å²) in [6, 6.07) is 22.2. The van der Waals surface area contributed by atoms with Crippen LogP contribution >= 0.6 is 11.6 Å². The second-order valence-electron chi connectivity index (χ2n) is 10.4. The summed E-state index contributed by atoms with van der Waals surface area (Å²) < 4.78 is 20.9. The topological polar surface area (TPSA) is 55.0 Å². The van der Waals surface area contributed by atoms with Gasteiger partial charge in [0, 0.05) is 12.3 Å². The monoisotopic (exact) mass is 522 g/mol. The van der Waals surface area contributed by atoms with Gasteiger partial charge in [0.25, 0.3) is 13.9 Å². The first kappa shape index (κ1) is 26.3. The highest BCUT2D eigenvalue weighted by Crippen LogP contribution is 2.37. The summed E-state index contributed by atoms with van der Waals surface area (Å²) in [5, 5.41) is 2.32. The second-order valence-corrected chi connectivity index (χ2v) is 15.0. The van der Waals surface area contributed by atoms with Crippen molar-refractivity contribution in [2.75, 3.05) is 6.61 Å². The number of aromatic nitrogens is 2. The summed E-state index contributed by atoms with van der Waals surface area (Å²) in [4.78, 5) is 19.8. The predicted molar refractivity (Wildman–Crippen MR) is 149 cm³/mol. The standard InChI is InChI=1S/C29H32ClFN2O2Si/c1-19(25-20(2)26-23(28(34)33-25)18-24(31)27(30)32-26)16-17-35-36(29(3,4)5,21-12-8-6-9-13-21)22-14-10-7-11-15-22/h6-15,18-19H,16-17H2,1-5H3,(H,33,34). The van der Waals surface area contributed by atoms with E-state index in [0.29, 0.717) is 18.5 Å². The molecule has 2 aromatic heterocycles. The van der Waals surface area contributed by atoms with Crippen molar-refractivity contribution in [3.05, 3.63) is 99.3 Å². The fourth-order valence-electron chi connectivity index (χ4n) is 5.12. The fourth-order valence-corrected chi connectivity index (χ4v) is 9.84. The molecule has 0 aliphatic carbocycles. The number of benzene rings is 2. The third kappa shape index (κ3) is 4.77. The van der Waals surface area contributed by atoms with E-state index in [2.05, 4.69) is 86.2 Å². The van der Waals surface area contributed by atoms with Crippen LogP contribution in [-0.2, 0) is 4.43 Å². The zero-order valence-corrected chi connectivity index (χ0v) is 23.1. The molecule has 0 aliphatic heterocycles. The Bertz CT molecular complexity index is 1380. The largest absolute Gasteiger partial charge is 0.407 e. The normalized spacial score (nSPS) is 13.2. The molecule has 0 saturated heterocycles. The van der Waals surface area contributed by atoms with E-state index in [1.54, 1.807) is 0 Å². The highest BCUT2D eigenvalue weighted by atomic mass is 35.5. The molecular weight excluding hydrogens is 491 g/mol. The van der Waals surface area contributed by atoms with Crippen molar-refractivity contribution in [1.29, 1.82) is 0 Å². The number of halogens is 2. The van der Waals surface area contributed by atoms with Crippen molar-refractivity contribution in [2.45, 2.75) is 52.0 Å². The average molecular weight is 523 g/mol. The van der Waals surface area contributed by atoms with Gasteiger partial charge in [0.15, 0.2) is 11.0 Å². The zero-order valence-electron chi connectivity index (χ0n) is 21.4. The van der Waals surface area contributed by atoms with Gasteiger partial charge >= 0.3 is 0 Å². The van der Waals surface area contributed by atoms with Crippen LogP contribution in [0.5, 0.6) is 0 Å². The van der Waals surface area contributed by atoms with Gasteiger partial charge in [0.05, 0.1) is 10.9 Å². The lowest BCUT2D eigenvalue weighted by Crippen LogP contribution is -2.66. The molecule has 0 bridgehead atoms. The van der Waals surface area contributed by atoms with Crippen LogP contribution in [0, 0.1) is 12.7 Å². The Balaban J connectivity index is 1.68. The molecule has 4 aromatic rings. The number of nitrogens with one attached hydrogen (secondary N) is 1. The fraction of sp³-hybridized carbons (Fsp3) is 0.310. The quantitative estimate of drug-likeness (QED) is 0.236. The number of aromatic amines is 1. The van der Waals surface area contributed by atoms with Crippen LogP contribution < -0.4 is 15.9 Å². The number of nitrogens with zero attached hydrogens (tertiary/aromatic N) is 1. The molecule has 4 nitrogen and oxygen atoms in total. The lowest BCUT2D eigenvalue weighted by atomic mass is 9.98. The molecule has 0 aliphatic rings. The van der Waals surface area contributed by atoms with Gasteiger partial charge in [0.2, 0.25) is 0 Å². The summed E-state index contributed by atoms with van der Waals surface area (Å²) >= 11 is 5.92. The van der Waals surface area contributed by atoms with E-state index in [-0.39, 0.29) is 27.1 Å². The van der Waals surface area contributed by atoms with Crippen molar-refractivity contribution >= 4 is 41.2 Å². The molecule has 0 radical (unpaired) electrons. The lowest BCUT2D eigenvalue weighted by Gasteiger charge is -2.43. The van der Waals surface area contributed by atoms with Crippen LogP contribution in [0.25, 0.3) is 10.9 Å². The molecule has 1 N–H and O–H groups in total. The summed E-state index contributed by atoms with van der Waals surface area (Å²) in [5.41, 5.74) is 1.63. The summed E-state index contributed by atoms with van der Waals surface area (Å²) in [7, 11) is -2.64. The van der Waals surface area contributed by atoms with Gasteiger partial charge in [-0.2, -0.15) is 0 Å². The molecule has 0 spiro atoms. The Morgan fingerprint density at radius 3 is 2.14 bits per heavy atom. The molecule has 36 heavy (non-hydrogen) atoms. The minimum atomic E-state index is -2.64. The molecule has 1 atom stereocenters. The third-order valence-electron chi connectivity index (χ3n) is 6.96. The third-order valence-corrected chi connectivity index (χ3v) is 12.3. The molecule has 7 heteroatoms. The van der Waals surface area contributed by atoms with E-state index in [0.717, 1.165) is 17.3 Å². The minimum Gasteiger partial charge on any atom is -0.407 e. The molecular formula is C29H32ClFN2O2Si. The van der Waals surface area contributed by atoms with Crippen LogP contribution in [0.3, 0.4) is 0 Å². The Labute approximate surface area is 217 Å². The first-order chi connectivity index (χ1) is 17.1. The summed E-state index contributed by atoms with van der Waals surface area (Å²) in [6.07, 6.45) is 0.696. The summed E-state index contributed by atoms with van der Waals surface area (Å²) in [6.45, 7) is 11.2. The molecule has 0 amide bonds. The maximum Gasteiger partial charge on any atom is 0.261 e. The van der Waals surface area contributed by atoms with Gasteiger partial charge < -0.3 is 9.41 Å². The highest BCUT2D eigenvalue weighted by molar-refractivity contribution is 6.99. The molecule has 188 valence electrons. The Morgan fingerprint density at radius 2 is 1.61 bits per heavy atom. The molecule has 2 aromatic carbocycles. The first-order valence-electron chi connectivity index (χ1n) is 12.2. The number of fused-ring (bicyclic) bond motifs is 1. The van der Waals surface area contributed by atoms with Crippen LogP contribution in [0.2, 0.25) is 10.2 Å². The van der Waals surface area contributed by atoms with Gasteiger partial charge in [-0.05, 0) is 46.3 Å². The van der Waals surface area contributed by atoms with E-state index in [1.807, 2.05) is 19.1 Å². The predicted octanol–water partition coefficient (Wildman–Crippen LogP) is 6.09. The van der Waals surface area contributed by atoms with Crippen LogP contribution in [0.4, 0.5) is 4.39 Å². The van der Waals surface area contributed by atoms with E-state index >= 15 is 0 Å². The van der Waals surface area contributed by atoms with Gasteiger partial charge in [-0.15, -0.1) is 0 Å². The Kier molecular flexibility index (Phi) is 7.50. The van der Waals surface area contributed by atoms with Gasteiger partial charge in [-0.1, -0.05) is 100.0 Å². The molecule has 0 saturated carbocycles. The highest BCUT2D eigenvalue weighted by Gasteiger charge is 2.50. The van der Waals surface area contributed by atoms with Gasteiger partial charge in [-0.25, -0.2) is 9.37 Å². The number of hydrogen-bond donors (Lipinski definition) is 1. The van der Waals surface area contributed by atoms with Crippen molar-refractivity contribution in [3.8, 4) is 0 Å². The number of pyridine rings is 2. The van der Waals surface area contributed by atoms with Crippen molar-refractivity contribution < 1.29 is 8.82 Å². The number of H-pyrrole nitrogens is 1. The van der Waals surface area contributed by atoms with Crippen molar-refractivity contribution in [1.82, 2.24) is 9.97 Å². The van der Waals surface area contributed by atoms with Crippen molar-refractivity contribution in [2.24, 2.45) is 0 Å². The Hall–Kier alpha value is -2.80. The maximum absolute atomic E-state index is 13.9. The first-order valence-corrected chi connectivity index (χ1v) is 14.5. The lowest BCUT2D eigenvalue weighted by molar-refractivity contribution is 0.282. The van der Waals surface area contributed by atoms with Crippen LogP contribution in [0.15, 0.2) is 71.5 Å². The van der Waals surface area contributed by atoms with Gasteiger partial charge in [-0.3, -0.25) is 4.79 Å². The summed E-state index contributed by atoms with van der Waals surface area (Å²) in [5.74, 6) is -0.709. The number of hydrogen-bond acceptors (Lipinski definition) is 3. The number of rotatable bonds is 7. The molecule has 1 unspecified atom stereocenters. The minimum absolute atomic E-state index is 0.00839. The van der Waals surface area contributed by atoms with Crippen LogP contribution in [0.1, 0.15) is 51.3 Å². The number of aryl methyl sites for hydroxylation is 1. The van der Waals surface area contributed by atoms with Crippen LogP contribution in [-0.4, -0.2) is 24.9 Å². The van der Waals surface area contributed by atoms with Crippen molar-refractivity contribution in [3.63, 3.8) is 0 Å². The Morgan fingerprint density at radius 1 is 1.06 bits per heavy atom. The van der Waals surface area contributed by atoms with E-state index in [1.165, 1.54) is 10.4 Å².